The van der Waals surface area contributed by atoms with Gasteiger partial charge in [-0.25, -0.2) is 0 Å². The van der Waals surface area contributed by atoms with Crippen LogP contribution in [0.4, 0.5) is 0 Å². The highest BCUT2D eigenvalue weighted by Crippen LogP contribution is 2.48. The van der Waals surface area contributed by atoms with Gasteiger partial charge in [0.25, 0.3) is 0 Å². The monoisotopic (exact) mass is 328 g/mol. The Bertz CT molecular complexity index is 320. The van der Waals surface area contributed by atoms with Crippen LogP contribution < -0.4 is 0 Å². The summed E-state index contributed by atoms with van der Waals surface area (Å²) in [6.45, 7) is 5.63. The molecule has 0 heterocycles. The Balaban J connectivity index is 2.26. The lowest BCUT2D eigenvalue weighted by atomic mass is 9.25. The number of allylic oxidation sites excluding steroid dienone is 2. The molecule has 2 fully saturated rings. The van der Waals surface area contributed by atoms with E-state index in [2.05, 4.69) is 19.9 Å². The molecule has 4 atom stereocenters. The van der Waals surface area contributed by atoms with Crippen molar-refractivity contribution in [1.82, 2.24) is 0 Å². The number of rotatable bonds is 5. The van der Waals surface area contributed by atoms with Crippen molar-refractivity contribution in [3.63, 3.8) is 0 Å². The van der Waals surface area contributed by atoms with Crippen LogP contribution in [0.25, 0.3) is 0 Å². The molecule has 0 aromatic heterocycles. The second-order valence-electron chi connectivity index (χ2n) is 7.44. The fraction of sp³-hybridized carbons (Fsp3) is 0.889. The first-order valence-corrected chi connectivity index (χ1v) is 10.1. The van der Waals surface area contributed by atoms with Crippen molar-refractivity contribution < 1.29 is 0 Å². The van der Waals surface area contributed by atoms with E-state index < -0.39 is 0 Å². The molecule has 0 radical (unpaired) electrons. The number of halogens is 2. The van der Waals surface area contributed by atoms with Gasteiger partial charge in [0.2, 0.25) is 0 Å². The molecule has 0 amide bonds. The molecule has 2 aliphatic rings. The van der Waals surface area contributed by atoms with Gasteiger partial charge in [0, 0.05) is 11.8 Å². The highest BCUT2D eigenvalue weighted by Gasteiger charge is 2.41. The van der Waals surface area contributed by atoms with Gasteiger partial charge in [-0.2, -0.15) is 0 Å². The standard InChI is InChI=1S/C18H31BCl2/c1-14-7-3-5-9-17(14)19(16(13-21)11-12-20)18-10-6-4-8-15(18)2/h11,14-15,17-18H,3-10,12-13H2,1-2H3/b16-11+/t14-,15-,17-,18-/m0/s1. The Morgan fingerprint density at radius 2 is 1.38 bits per heavy atom. The summed E-state index contributed by atoms with van der Waals surface area (Å²) in [5.74, 6) is 4.64. The highest BCUT2D eigenvalue weighted by molar-refractivity contribution is 6.71. The van der Waals surface area contributed by atoms with Crippen LogP contribution in [0.2, 0.25) is 11.6 Å². The lowest BCUT2D eigenvalue weighted by molar-refractivity contribution is 0.347. The summed E-state index contributed by atoms with van der Waals surface area (Å²) in [6.07, 6.45) is 13.5. The van der Waals surface area contributed by atoms with E-state index in [9.17, 15) is 0 Å². The number of hydrogen-bond donors (Lipinski definition) is 0. The number of hydrogen-bond acceptors (Lipinski definition) is 0. The van der Waals surface area contributed by atoms with Crippen LogP contribution in [0.15, 0.2) is 11.5 Å². The zero-order valence-corrected chi connectivity index (χ0v) is 15.3. The van der Waals surface area contributed by atoms with Gasteiger partial charge < -0.3 is 0 Å². The van der Waals surface area contributed by atoms with Gasteiger partial charge in [0.15, 0.2) is 6.71 Å². The highest BCUT2D eigenvalue weighted by atomic mass is 35.5. The maximum atomic E-state index is 6.35. The van der Waals surface area contributed by atoms with Crippen LogP contribution in [0.5, 0.6) is 0 Å². The first-order chi connectivity index (χ1) is 10.2. The van der Waals surface area contributed by atoms with Crippen molar-refractivity contribution in [1.29, 1.82) is 0 Å². The molecule has 120 valence electrons. The third-order valence-electron chi connectivity index (χ3n) is 6.20. The summed E-state index contributed by atoms with van der Waals surface area (Å²) in [5.41, 5.74) is 1.45. The minimum atomic E-state index is 0.612. The average molecular weight is 329 g/mol. The van der Waals surface area contributed by atoms with Crippen LogP contribution in [0, 0.1) is 11.8 Å². The Kier molecular flexibility index (Phi) is 7.49. The lowest BCUT2D eigenvalue weighted by Gasteiger charge is -2.42. The second-order valence-corrected chi connectivity index (χ2v) is 8.02. The van der Waals surface area contributed by atoms with E-state index in [1.54, 1.807) is 0 Å². The van der Waals surface area contributed by atoms with E-state index in [1.807, 2.05) is 0 Å². The van der Waals surface area contributed by atoms with Crippen LogP contribution in [0.3, 0.4) is 0 Å². The molecule has 2 rings (SSSR count). The molecule has 0 spiro atoms. The third kappa shape index (κ3) is 4.44. The number of alkyl halides is 2. The van der Waals surface area contributed by atoms with Gasteiger partial charge in [-0.3, -0.25) is 0 Å². The van der Waals surface area contributed by atoms with Crippen molar-refractivity contribution in [3.8, 4) is 0 Å². The minimum Gasteiger partial charge on any atom is -0.123 e. The molecule has 2 aliphatic carbocycles. The molecule has 0 unspecified atom stereocenters. The average Bonchev–Trinajstić information content (AvgIpc) is 2.50. The van der Waals surface area contributed by atoms with E-state index in [-0.39, 0.29) is 0 Å². The lowest BCUT2D eigenvalue weighted by Crippen LogP contribution is -2.39. The molecule has 0 N–H and O–H groups in total. The van der Waals surface area contributed by atoms with Crippen molar-refractivity contribution in [3.05, 3.63) is 11.5 Å². The summed E-state index contributed by atoms with van der Waals surface area (Å²) >= 11 is 12.4. The predicted octanol–water partition coefficient (Wildman–Crippen LogP) is 6.59. The SMILES string of the molecule is C[C@H]1CCCC[C@@H]1B(/C(=C/CCl)CCl)[C@H]1CCCC[C@@H]1C. The molecule has 0 aromatic rings. The van der Waals surface area contributed by atoms with Crippen LogP contribution in [-0.2, 0) is 0 Å². The zero-order valence-electron chi connectivity index (χ0n) is 13.8. The zero-order chi connectivity index (χ0) is 15.2. The summed E-state index contributed by atoms with van der Waals surface area (Å²) < 4.78 is 0. The summed E-state index contributed by atoms with van der Waals surface area (Å²) in [4.78, 5) is 0. The second kappa shape index (κ2) is 8.87. The fourth-order valence-corrected chi connectivity index (χ4v) is 5.49. The molecule has 0 saturated heterocycles. The van der Waals surface area contributed by atoms with Crippen LogP contribution in [-0.4, -0.2) is 18.5 Å². The predicted molar refractivity (Wildman–Crippen MR) is 98.0 cm³/mol. The van der Waals surface area contributed by atoms with Gasteiger partial charge in [-0.05, 0) is 11.8 Å². The topological polar surface area (TPSA) is 0 Å². The molecule has 21 heavy (non-hydrogen) atoms. The van der Waals surface area contributed by atoms with Crippen molar-refractivity contribution in [2.24, 2.45) is 11.8 Å². The third-order valence-corrected chi connectivity index (χ3v) is 6.66. The maximum absolute atomic E-state index is 6.35. The Labute approximate surface area is 142 Å². The van der Waals surface area contributed by atoms with Gasteiger partial charge in [-0.1, -0.05) is 88.4 Å². The minimum absolute atomic E-state index is 0.612. The van der Waals surface area contributed by atoms with Gasteiger partial charge in [0.05, 0.1) is 0 Å². The molecule has 0 bridgehead atoms. The summed E-state index contributed by atoms with van der Waals surface area (Å²) in [5, 5.41) is 0. The molecule has 0 nitrogen and oxygen atoms in total. The summed E-state index contributed by atoms with van der Waals surface area (Å²) in [6, 6.07) is 0. The van der Waals surface area contributed by atoms with Gasteiger partial charge in [0.1, 0.15) is 0 Å². The van der Waals surface area contributed by atoms with Crippen molar-refractivity contribution >= 4 is 29.9 Å². The molecular formula is C18H31BCl2. The largest absolute Gasteiger partial charge is 0.178 e. The van der Waals surface area contributed by atoms with Crippen molar-refractivity contribution in [2.75, 3.05) is 11.8 Å². The summed E-state index contributed by atoms with van der Waals surface area (Å²) in [7, 11) is 0. The van der Waals surface area contributed by atoms with E-state index in [0.717, 1.165) is 23.5 Å². The molecule has 2 saturated carbocycles. The molecule has 3 heteroatoms. The normalized spacial score (nSPS) is 34.8. The molecule has 0 aromatic carbocycles. The van der Waals surface area contributed by atoms with E-state index >= 15 is 0 Å². The molecular weight excluding hydrogens is 298 g/mol. The van der Waals surface area contributed by atoms with E-state index in [1.165, 1.54) is 56.8 Å². The van der Waals surface area contributed by atoms with Crippen LogP contribution in [0.1, 0.15) is 65.2 Å². The van der Waals surface area contributed by atoms with Gasteiger partial charge in [-0.15, -0.1) is 23.2 Å². The fourth-order valence-electron chi connectivity index (χ4n) is 5.00. The Morgan fingerprint density at radius 3 is 1.76 bits per heavy atom. The van der Waals surface area contributed by atoms with Crippen molar-refractivity contribution in [2.45, 2.75) is 76.8 Å². The van der Waals surface area contributed by atoms with Crippen LogP contribution >= 0.6 is 23.2 Å². The first-order valence-electron chi connectivity index (χ1n) is 8.99. The van der Waals surface area contributed by atoms with Gasteiger partial charge >= 0.3 is 0 Å². The molecule has 0 aliphatic heterocycles. The smallest absolute Gasteiger partial charge is 0.123 e. The van der Waals surface area contributed by atoms with E-state index in [4.69, 9.17) is 23.2 Å². The first kappa shape index (κ1) is 17.7. The quantitative estimate of drug-likeness (QED) is 0.394. The Morgan fingerprint density at radius 1 is 0.905 bits per heavy atom. The van der Waals surface area contributed by atoms with E-state index in [0.29, 0.717) is 18.5 Å². The Hall–Kier alpha value is 0.385. The maximum Gasteiger partial charge on any atom is 0.178 e.